The van der Waals surface area contributed by atoms with Gasteiger partial charge < -0.3 is 15.7 Å². The van der Waals surface area contributed by atoms with Crippen molar-refractivity contribution in [3.63, 3.8) is 0 Å². The Kier molecular flexibility index (Phi) is 7.44. The van der Waals surface area contributed by atoms with Gasteiger partial charge in [-0.15, -0.1) is 0 Å². The molecule has 0 saturated heterocycles. The molecule has 0 bridgehead atoms. The molecule has 2 amide bonds. The van der Waals surface area contributed by atoms with Crippen molar-refractivity contribution in [3.05, 3.63) is 34.4 Å². The lowest BCUT2D eigenvalue weighted by Crippen LogP contribution is -2.30. The van der Waals surface area contributed by atoms with Crippen LogP contribution in [0.4, 0.5) is 16.2 Å². The summed E-state index contributed by atoms with van der Waals surface area (Å²) in [5.74, 6) is 1.63. The zero-order valence-electron chi connectivity index (χ0n) is 10.9. The van der Waals surface area contributed by atoms with E-state index in [1.807, 2.05) is 0 Å². The SMILES string of the molecule is O=C(NCCSCCCO)Nc1ccc([N+](=O)[O-])cc1. The van der Waals surface area contributed by atoms with E-state index in [1.165, 1.54) is 24.3 Å². The number of carbonyl (C=O) groups is 1. The van der Waals surface area contributed by atoms with Crippen LogP contribution < -0.4 is 10.6 Å². The van der Waals surface area contributed by atoms with Gasteiger partial charge in [0.15, 0.2) is 0 Å². The van der Waals surface area contributed by atoms with Crippen LogP contribution in [0, 0.1) is 10.1 Å². The average molecular weight is 299 g/mol. The summed E-state index contributed by atoms with van der Waals surface area (Å²) in [7, 11) is 0. The minimum absolute atomic E-state index is 0.0174. The third kappa shape index (κ3) is 6.39. The van der Waals surface area contributed by atoms with Crippen LogP contribution in [0.2, 0.25) is 0 Å². The molecule has 7 nitrogen and oxygen atoms in total. The van der Waals surface area contributed by atoms with E-state index in [9.17, 15) is 14.9 Å². The molecule has 0 radical (unpaired) electrons. The number of nitrogens with one attached hydrogen (secondary N) is 2. The zero-order chi connectivity index (χ0) is 14.8. The Morgan fingerprint density at radius 3 is 2.60 bits per heavy atom. The third-order valence-electron chi connectivity index (χ3n) is 2.31. The molecule has 1 aromatic carbocycles. The second kappa shape index (κ2) is 9.16. The zero-order valence-corrected chi connectivity index (χ0v) is 11.7. The Hall–Kier alpha value is -1.80. The number of rotatable bonds is 8. The molecule has 0 fully saturated rings. The Balaban J connectivity index is 2.23. The number of hydrogen-bond acceptors (Lipinski definition) is 5. The van der Waals surface area contributed by atoms with Gasteiger partial charge in [0.2, 0.25) is 0 Å². The summed E-state index contributed by atoms with van der Waals surface area (Å²) in [5, 5.41) is 24.3. The van der Waals surface area contributed by atoms with Crippen LogP contribution >= 0.6 is 11.8 Å². The van der Waals surface area contributed by atoms with Gasteiger partial charge in [0.1, 0.15) is 0 Å². The predicted molar refractivity (Wildman–Crippen MR) is 79.1 cm³/mol. The van der Waals surface area contributed by atoms with Crippen LogP contribution in [-0.2, 0) is 0 Å². The largest absolute Gasteiger partial charge is 0.396 e. The molecule has 8 heteroatoms. The molecule has 0 aliphatic heterocycles. The molecule has 0 atom stereocenters. The number of nitro benzene ring substituents is 1. The number of thioether (sulfide) groups is 1. The van der Waals surface area contributed by atoms with Crippen molar-refractivity contribution in [2.45, 2.75) is 6.42 Å². The molecule has 0 spiro atoms. The van der Waals surface area contributed by atoms with E-state index in [1.54, 1.807) is 11.8 Å². The van der Waals surface area contributed by atoms with Crippen LogP contribution in [0.3, 0.4) is 0 Å². The van der Waals surface area contributed by atoms with Crippen LogP contribution in [0.5, 0.6) is 0 Å². The van der Waals surface area contributed by atoms with E-state index >= 15 is 0 Å². The summed E-state index contributed by atoms with van der Waals surface area (Å²) >= 11 is 1.65. The first kappa shape index (κ1) is 16.3. The fourth-order valence-electron chi connectivity index (χ4n) is 1.35. The Morgan fingerprint density at radius 2 is 2.00 bits per heavy atom. The molecule has 0 heterocycles. The maximum atomic E-state index is 11.5. The Bertz CT molecular complexity index is 439. The number of aliphatic hydroxyl groups is 1. The number of benzene rings is 1. The molecule has 1 rings (SSSR count). The minimum Gasteiger partial charge on any atom is -0.396 e. The molecule has 110 valence electrons. The first-order valence-electron chi connectivity index (χ1n) is 6.11. The van der Waals surface area contributed by atoms with Crippen molar-refractivity contribution >= 4 is 29.2 Å². The van der Waals surface area contributed by atoms with Crippen molar-refractivity contribution in [1.82, 2.24) is 5.32 Å². The van der Waals surface area contributed by atoms with Crippen molar-refractivity contribution in [1.29, 1.82) is 0 Å². The summed E-state index contributed by atoms with van der Waals surface area (Å²) in [6.07, 6.45) is 0.750. The number of amides is 2. The normalized spacial score (nSPS) is 10.1. The van der Waals surface area contributed by atoms with E-state index in [0.717, 1.165) is 17.9 Å². The van der Waals surface area contributed by atoms with Crippen molar-refractivity contribution in [2.75, 3.05) is 30.0 Å². The summed E-state index contributed by atoms with van der Waals surface area (Å²) < 4.78 is 0. The van der Waals surface area contributed by atoms with Gasteiger partial charge in [-0.05, 0) is 24.3 Å². The minimum atomic E-state index is -0.493. The van der Waals surface area contributed by atoms with Gasteiger partial charge in [0.25, 0.3) is 5.69 Å². The maximum Gasteiger partial charge on any atom is 0.319 e. The molecule has 0 aromatic heterocycles. The highest BCUT2D eigenvalue weighted by atomic mass is 32.2. The van der Waals surface area contributed by atoms with E-state index in [2.05, 4.69) is 10.6 Å². The van der Waals surface area contributed by atoms with Gasteiger partial charge in [-0.25, -0.2) is 4.79 Å². The van der Waals surface area contributed by atoms with Gasteiger partial charge in [-0.3, -0.25) is 10.1 Å². The number of anilines is 1. The molecule has 0 unspecified atom stereocenters. The Morgan fingerprint density at radius 1 is 1.30 bits per heavy atom. The molecular formula is C12H17N3O4S. The lowest BCUT2D eigenvalue weighted by molar-refractivity contribution is -0.384. The highest BCUT2D eigenvalue weighted by Crippen LogP contribution is 2.15. The molecule has 1 aromatic rings. The molecule has 3 N–H and O–H groups in total. The van der Waals surface area contributed by atoms with Crippen LogP contribution in [-0.4, -0.2) is 40.7 Å². The third-order valence-corrected chi connectivity index (χ3v) is 3.38. The topological polar surface area (TPSA) is 104 Å². The quantitative estimate of drug-likeness (QED) is 0.386. The second-order valence-corrected chi connectivity index (χ2v) is 5.10. The van der Waals surface area contributed by atoms with Gasteiger partial charge >= 0.3 is 6.03 Å². The average Bonchev–Trinajstić information content (AvgIpc) is 2.43. The second-order valence-electron chi connectivity index (χ2n) is 3.87. The highest BCUT2D eigenvalue weighted by molar-refractivity contribution is 7.99. The number of nitro groups is 1. The molecule has 20 heavy (non-hydrogen) atoms. The van der Waals surface area contributed by atoms with E-state index < -0.39 is 4.92 Å². The maximum absolute atomic E-state index is 11.5. The lowest BCUT2D eigenvalue weighted by Gasteiger charge is -2.07. The van der Waals surface area contributed by atoms with Gasteiger partial charge in [0, 0.05) is 36.7 Å². The number of non-ortho nitro benzene ring substituents is 1. The number of urea groups is 1. The molecular weight excluding hydrogens is 282 g/mol. The fourth-order valence-corrected chi connectivity index (χ4v) is 2.13. The lowest BCUT2D eigenvalue weighted by atomic mass is 10.3. The van der Waals surface area contributed by atoms with Crippen LogP contribution in [0.25, 0.3) is 0 Å². The number of carbonyl (C=O) groups excluding carboxylic acids is 1. The summed E-state index contributed by atoms with van der Waals surface area (Å²) in [5.41, 5.74) is 0.484. The van der Waals surface area contributed by atoms with E-state index in [4.69, 9.17) is 5.11 Å². The summed E-state index contributed by atoms with van der Waals surface area (Å²) in [4.78, 5) is 21.5. The van der Waals surface area contributed by atoms with Crippen LogP contribution in [0.1, 0.15) is 6.42 Å². The van der Waals surface area contributed by atoms with Gasteiger partial charge in [-0.1, -0.05) is 0 Å². The number of hydrogen-bond donors (Lipinski definition) is 3. The number of aliphatic hydroxyl groups excluding tert-OH is 1. The van der Waals surface area contributed by atoms with Crippen molar-refractivity contribution in [2.24, 2.45) is 0 Å². The van der Waals surface area contributed by atoms with E-state index in [-0.39, 0.29) is 18.3 Å². The summed E-state index contributed by atoms with van der Waals surface area (Å²) in [6, 6.07) is 5.28. The molecule has 0 saturated carbocycles. The first-order chi connectivity index (χ1) is 9.63. The first-order valence-corrected chi connectivity index (χ1v) is 7.27. The molecule has 0 aliphatic rings. The highest BCUT2D eigenvalue weighted by Gasteiger charge is 2.05. The smallest absolute Gasteiger partial charge is 0.319 e. The van der Waals surface area contributed by atoms with Gasteiger partial charge in [0.05, 0.1) is 4.92 Å². The van der Waals surface area contributed by atoms with E-state index in [0.29, 0.717) is 12.2 Å². The standard InChI is InChI=1S/C12H17N3O4S/c16-7-1-8-20-9-6-13-12(17)14-10-2-4-11(5-3-10)15(18)19/h2-5,16H,1,6-9H2,(H2,13,14,17). The van der Waals surface area contributed by atoms with Crippen molar-refractivity contribution in [3.8, 4) is 0 Å². The monoisotopic (exact) mass is 299 g/mol. The van der Waals surface area contributed by atoms with Crippen LogP contribution in [0.15, 0.2) is 24.3 Å². The fraction of sp³-hybridized carbons (Fsp3) is 0.417. The summed E-state index contributed by atoms with van der Waals surface area (Å²) in [6.45, 7) is 0.704. The molecule has 0 aliphatic carbocycles. The predicted octanol–water partition coefficient (Wildman–Crippen LogP) is 1.83. The Labute approximate surface area is 120 Å². The number of nitrogens with zero attached hydrogens (tertiary/aromatic N) is 1. The van der Waals surface area contributed by atoms with Gasteiger partial charge in [-0.2, -0.15) is 11.8 Å². The van der Waals surface area contributed by atoms with Crippen molar-refractivity contribution < 1.29 is 14.8 Å².